The number of benzene rings is 1. The second-order valence-corrected chi connectivity index (χ2v) is 3.44. The molecule has 1 unspecified atom stereocenters. The van der Waals surface area contributed by atoms with E-state index in [2.05, 4.69) is 0 Å². The Morgan fingerprint density at radius 2 is 2.33 bits per heavy atom. The van der Waals surface area contributed by atoms with Crippen LogP contribution in [0.2, 0.25) is 0 Å². The summed E-state index contributed by atoms with van der Waals surface area (Å²) < 4.78 is 10.3. The van der Waals surface area contributed by atoms with E-state index in [0.29, 0.717) is 13.2 Å². The highest BCUT2D eigenvalue weighted by Gasteiger charge is 2.22. The molecule has 0 saturated carbocycles. The van der Waals surface area contributed by atoms with Crippen LogP contribution in [0.1, 0.15) is 17.2 Å². The minimum Gasteiger partial charge on any atom is -0.453 e. The lowest BCUT2D eigenvalue weighted by Gasteiger charge is -2.23. The molecule has 2 N–H and O–H groups in total. The van der Waals surface area contributed by atoms with Gasteiger partial charge in [0.15, 0.2) is 6.10 Å². The molecule has 0 amide bonds. The topological polar surface area (TPSA) is 61.5 Å². The zero-order valence-electron chi connectivity index (χ0n) is 8.31. The third kappa shape index (κ3) is 2.34. The smallest absolute Gasteiger partial charge is 0.332 e. The summed E-state index contributed by atoms with van der Waals surface area (Å²) in [4.78, 5) is 11.0. The minimum atomic E-state index is -0.315. The summed E-state index contributed by atoms with van der Waals surface area (Å²) in [6.45, 7) is 0.947. The Kier molecular flexibility index (Phi) is 2.99. The highest BCUT2D eigenvalue weighted by molar-refractivity contribution is 5.71. The summed E-state index contributed by atoms with van der Waals surface area (Å²) in [5, 5.41) is 0. The third-order valence-corrected chi connectivity index (χ3v) is 2.32. The SMILES string of the molecule is NCc1cccc(C2COCC(=O)O2)c1. The zero-order chi connectivity index (χ0) is 10.7. The van der Waals surface area contributed by atoms with Crippen molar-refractivity contribution in [2.45, 2.75) is 12.6 Å². The molecule has 0 spiro atoms. The molecule has 1 fully saturated rings. The van der Waals surface area contributed by atoms with E-state index in [0.717, 1.165) is 11.1 Å². The first kappa shape index (κ1) is 10.1. The highest BCUT2D eigenvalue weighted by Crippen LogP contribution is 2.21. The largest absolute Gasteiger partial charge is 0.453 e. The molecule has 80 valence electrons. The third-order valence-electron chi connectivity index (χ3n) is 2.32. The molecule has 4 nitrogen and oxygen atoms in total. The molecular weight excluding hydrogens is 194 g/mol. The summed E-state index contributed by atoms with van der Waals surface area (Å²) in [6.07, 6.45) is -0.294. The molecule has 1 heterocycles. The van der Waals surface area contributed by atoms with E-state index >= 15 is 0 Å². The van der Waals surface area contributed by atoms with E-state index in [1.807, 2.05) is 24.3 Å². The van der Waals surface area contributed by atoms with Crippen LogP contribution in [0.25, 0.3) is 0 Å². The molecule has 2 rings (SSSR count). The van der Waals surface area contributed by atoms with Crippen molar-refractivity contribution in [1.29, 1.82) is 0 Å². The lowest BCUT2D eigenvalue weighted by Crippen LogP contribution is -2.26. The van der Waals surface area contributed by atoms with Gasteiger partial charge in [-0.25, -0.2) is 4.79 Å². The van der Waals surface area contributed by atoms with Gasteiger partial charge < -0.3 is 15.2 Å². The molecule has 1 atom stereocenters. The molecular formula is C11H13NO3. The van der Waals surface area contributed by atoms with Gasteiger partial charge >= 0.3 is 5.97 Å². The Balaban J connectivity index is 2.17. The van der Waals surface area contributed by atoms with E-state index in [4.69, 9.17) is 15.2 Å². The van der Waals surface area contributed by atoms with Crippen molar-refractivity contribution in [2.24, 2.45) is 5.73 Å². The molecule has 0 aliphatic carbocycles. The molecule has 15 heavy (non-hydrogen) atoms. The first-order valence-electron chi connectivity index (χ1n) is 4.85. The molecule has 0 radical (unpaired) electrons. The van der Waals surface area contributed by atoms with Crippen LogP contribution < -0.4 is 5.73 Å². The molecule has 1 aliphatic heterocycles. The van der Waals surface area contributed by atoms with Gasteiger partial charge in [-0.1, -0.05) is 24.3 Å². The lowest BCUT2D eigenvalue weighted by molar-refractivity contribution is -0.170. The fourth-order valence-corrected chi connectivity index (χ4v) is 1.56. The number of hydrogen-bond acceptors (Lipinski definition) is 4. The number of carbonyl (C=O) groups is 1. The Labute approximate surface area is 88.0 Å². The van der Waals surface area contributed by atoms with Crippen LogP contribution in [0.4, 0.5) is 0 Å². The molecule has 1 aromatic carbocycles. The van der Waals surface area contributed by atoms with Crippen molar-refractivity contribution in [1.82, 2.24) is 0 Å². The Bertz CT molecular complexity index is 365. The Morgan fingerprint density at radius 1 is 1.47 bits per heavy atom. The second-order valence-electron chi connectivity index (χ2n) is 3.44. The van der Waals surface area contributed by atoms with Crippen molar-refractivity contribution in [3.8, 4) is 0 Å². The minimum absolute atomic E-state index is 0.0487. The average Bonchev–Trinajstić information content (AvgIpc) is 2.29. The fourth-order valence-electron chi connectivity index (χ4n) is 1.56. The second kappa shape index (κ2) is 4.42. The normalized spacial score (nSPS) is 21.1. The monoisotopic (exact) mass is 207 g/mol. The van der Waals surface area contributed by atoms with E-state index in [1.54, 1.807) is 0 Å². The maximum absolute atomic E-state index is 11.0. The molecule has 0 aromatic heterocycles. The number of carbonyl (C=O) groups excluding carboxylic acids is 1. The van der Waals surface area contributed by atoms with Crippen LogP contribution in [0, 0.1) is 0 Å². The molecule has 1 saturated heterocycles. The van der Waals surface area contributed by atoms with Gasteiger partial charge in [-0.15, -0.1) is 0 Å². The van der Waals surface area contributed by atoms with Crippen molar-refractivity contribution in [3.63, 3.8) is 0 Å². The van der Waals surface area contributed by atoms with Crippen molar-refractivity contribution in [2.75, 3.05) is 13.2 Å². The van der Waals surface area contributed by atoms with Crippen molar-refractivity contribution < 1.29 is 14.3 Å². The van der Waals surface area contributed by atoms with Gasteiger partial charge in [-0.3, -0.25) is 0 Å². The standard InChI is InChI=1S/C11H13NO3/c12-5-8-2-1-3-9(4-8)10-6-14-7-11(13)15-10/h1-4,10H,5-7,12H2. The average molecular weight is 207 g/mol. The lowest BCUT2D eigenvalue weighted by atomic mass is 10.1. The van der Waals surface area contributed by atoms with Gasteiger partial charge in [0.25, 0.3) is 0 Å². The van der Waals surface area contributed by atoms with Crippen LogP contribution in [-0.4, -0.2) is 19.2 Å². The zero-order valence-corrected chi connectivity index (χ0v) is 8.31. The summed E-state index contributed by atoms with van der Waals surface area (Å²) in [6, 6.07) is 7.69. The molecule has 1 aliphatic rings. The number of esters is 1. The molecule has 1 aromatic rings. The predicted molar refractivity (Wildman–Crippen MR) is 54.0 cm³/mol. The molecule has 0 bridgehead atoms. The summed E-state index contributed by atoms with van der Waals surface area (Å²) in [5.74, 6) is -0.315. The van der Waals surface area contributed by atoms with Gasteiger partial charge in [-0.2, -0.15) is 0 Å². The molecule has 4 heteroatoms. The van der Waals surface area contributed by atoms with E-state index in [1.165, 1.54) is 0 Å². The summed E-state index contributed by atoms with van der Waals surface area (Å²) in [7, 11) is 0. The van der Waals surface area contributed by atoms with E-state index in [9.17, 15) is 4.79 Å². The van der Waals surface area contributed by atoms with E-state index in [-0.39, 0.29) is 18.7 Å². The summed E-state index contributed by atoms with van der Waals surface area (Å²) >= 11 is 0. The number of rotatable bonds is 2. The first-order valence-corrected chi connectivity index (χ1v) is 4.85. The quantitative estimate of drug-likeness (QED) is 0.727. The number of cyclic esters (lactones) is 1. The van der Waals surface area contributed by atoms with Crippen LogP contribution in [0.3, 0.4) is 0 Å². The first-order chi connectivity index (χ1) is 7.29. The number of hydrogen-bond donors (Lipinski definition) is 1. The number of ether oxygens (including phenoxy) is 2. The van der Waals surface area contributed by atoms with E-state index < -0.39 is 0 Å². The van der Waals surface area contributed by atoms with Crippen LogP contribution in [0.5, 0.6) is 0 Å². The van der Waals surface area contributed by atoms with Gasteiger partial charge in [0, 0.05) is 6.54 Å². The number of nitrogens with two attached hydrogens (primary N) is 1. The Morgan fingerprint density at radius 3 is 3.07 bits per heavy atom. The van der Waals surface area contributed by atoms with Crippen LogP contribution >= 0.6 is 0 Å². The maximum atomic E-state index is 11.0. The van der Waals surface area contributed by atoms with Crippen molar-refractivity contribution in [3.05, 3.63) is 35.4 Å². The predicted octanol–water partition coefficient (Wildman–Crippen LogP) is 0.760. The summed E-state index contributed by atoms with van der Waals surface area (Å²) in [5.41, 5.74) is 7.49. The van der Waals surface area contributed by atoms with Gasteiger partial charge in [0.2, 0.25) is 0 Å². The van der Waals surface area contributed by atoms with Gasteiger partial charge in [0.1, 0.15) is 6.61 Å². The van der Waals surface area contributed by atoms with Crippen LogP contribution in [0.15, 0.2) is 24.3 Å². The Hall–Kier alpha value is -1.39. The fraction of sp³-hybridized carbons (Fsp3) is 0.364. The van der Waals surface area contributed by atoms with Gasteiger partial charge in [0.05, 0.1) is 6.61 Å². The van der Waals surface area contributed by atoms with Crippen LogP contribution in [-0.2, 0) is 20.8 Å². The highest BCUT2D eigenvalue weighted by atomic mass is 16.6. The van der Waals surface area contributed by atoms with Crippen molar-refractivity contribution >= 4 is 5.97 Å². The van der Waals surface area contributed by atoms with Gasteiger partial charge in [-0.05, 0) is 11.1 Å². The maximum Gasteiger partial charge on any atom is 0.332 e.